The van der Waals surface area contributed by atoms with E-state index in [4.69, 9.17) is 0 Å². The number of aliphatic imine (C=N–C) groups is 1. The zero-order chi connectivity index (χ0) is 14.7. The van der Waals surface area contributed by atoms with E-state index in [9.17, 15) is 0 Å². The van der Waals surface area contributed by atoms with Crippen LogP contribution in [-0.2, 0) is 6.54 Å². The normalized spacial score (nSPS) is 19.8. The van der Waals surface area contributed by atoms with E-state index in [-0.39, 0.29) is 0 Å². The molecular weight excluding hydrogens is 264 g/mol. The van der Waals surface area contributed by atoms with Crippen LogP contribution in [0.25, 0.3) is 0 Å². The Hall–Kier alpha value is -1.82. The minimum Gasteiger partial charge on any atom is -0.354 e. The maximum Gasteiger partial charge on any atom is 0.194 e. The van der Waals surface area contributed by atoms with Crippen LogP contribution in [0.3, 0.4) is 0 Å². The van der Waals surface area contributed by atoms with Gasteiger partial charge in [-0.05, 0) is 13.1 Å². The SMILES string of the molecule is CN1CCN(c2ncccc2CNC2=NCCN2C)CC1. The van der Waals surface area contributed by atoms with Gasteiger partial charge >= 0.3 is 0 Å². The summed E-state index contributed by atoms with van der Waals surface area (Å²) in [5, 5.41) is 3.43. The molecular formula is C15H24N6. The molecule has 1 fully saturated rings. The molecule has 3 rings (SSSR count). The van der Waals surface area contributed by atoms with Crippen molar-refractivity contribution in [1.29, 1.82) is 0 Å². The van der Waals surface area contributed by atoms with Crippen molar-refractivity contribution < 1.29 is 0 Å². The summed E-state index contributed by atoms with van der Waals surface area (Å²) >= 11 is 0. The third-order valence-corrected chi connectivity index (χ3v) is 4.17. The molecule has 0 radical (unpaired) electrons. The summed E-state index contributed by atoms with van der Waals surface area (Å²) < 4.78 is 0. The highest BCUT2D eigenvalue weighted by molar-refractivity contribution is 5.81. The van der Waals surface area contributed by atoms with Crippen molar-refractivity contribution in [3.05, 3.63) is 23.9 Å². The molecule has 1 saturated heterocycles. The van der Waals surface area contributed by atoms with Gasteiger partial charge in [0.2, 0.25) is 0 Å². The van der Waals surface area contributed by atoms with Crippen molar-refractivity contribution in [2.45, 2.75) is 6.54 Å². The maximum atomic E-state index is 4.61. The van der Waals surface area contributed by atoms with E-state index < -0.39 is 0 Å². The van der Waals surface area contributed by atoms with Gasteiger partial charge in [-0.25, -0.2) is 4.98 Å². The highest BCUT2D eigenvalue weighted by Gasteiger charge is 2.18. The zero-order valence-corrected chi connectivity index (χ0v) is 12.9. The fourth-order valence-corrected chi connectivity index (χ4v) is 2.77. The van der Waals surface area contributed by atoms with Crippen molar-refractivity contribution in [1.82, 2.24) is 20.1 Å². The molecule has 6 heteroatoms. The Morgan fingerprint density at radius 3 is 2.67 bits per heavy atom. The summed E-state index contributed by atoms with van der Waals surface area (Å²) in [7, 11) is 4.25. The molecule has 0 aromatic carbocycles. The number of hydrogen-bond donors (Lipinski definition) is 1. The van der Waals surface area contributed by atoms with Crippen molar-refractivity contribution >= 4 is 11.8 Å². The van der Waals surface area contributed by atoms with Gasteiger partial charge in [0.05, 0.1) is 6.54 Å². The molecule has 1 aromatic rings. The Bertz CT molecular complexity index is 507. The Kier molecular flexibility index (Phi) is 4.24. The van der Waals surface area contributed by atoms with Crippen LogP contribution in [0.2, 0.25) is 0 Å². The molecule has 0 spiro atoms. The number of piperazine rings is 1. The van der Waals surface area contributed by atoms with E-state index in [1.165, 1.54) is 5.56 Å². The van der Waals surface area contributed by atoms with Gasteiger partial charge < -0.3 is 20.0 Å². The van der Waals surface area contributed by atoms with Gasteiger partial charge in [-0.15, -0.1) is 0 Å². The van der Waals surface area contributed by atoms with E-state index in [0.717, 1.165) is 57.6 Å². The maximum absolute atomic E-state index is 4.61. The summed E-state index contributed by atoms with van der Waals surface area (Å²) in [5.74, 6) is 2.10. The predicted molar refractivity (Wildman–Crippen MR) is 85.7 cm³/mol. The second kappa shape index (κ2) is 6.30. The molecule has 2 aliphatic rings. The molecule has 0 unspecified atom stereocenters. The van der Waals surface area contributed by atoms with E-state index >= 15 is 0 Å². The van der Waals surface area contributed by atoms with Gasteiger partial charge in [0.1, 0.15) is 5.82 Å². The number of hydrogen-bond acceptors (Lipinski definition) is 6. The topological polar surface area (TPSA) is 47.0 Å². The molecule has 114 valence electrons. The summed E-state index contributed by atoms with van der Waals surface area (Å²) in [6.07, 6.45) is 1.89. The van der Waals surface area contributed by atoms with Gasteiger partial charge in [0.25, 0.3) is 0 Å². The number of pyridine rings is 1. The Morgan fingerprint density at radius 2 is 1.95 bits per heavy atom. The number of guanidine groups is 1. The minimum atomic E-state index is 0.776. The average Bonchev–Trinajstić information content (AvgIpc) is 2.92. The lowest BCUT2D eigenvalue weighted by Crippen LogP contribution is -2.45. The lowest BCUT2D eigenvalue weighted by molar-refractivity contribution is 0.312. The largest absolute Gasteiger partial charge is 0.354 e. The number of anilines is 1. The van der Waals surface area contributed by atoms with E-state index in [2.05, 4.69) is 50.2 Å². The fraction of sp³-hybridized carbons (Fsp3) is 0.600. The third-order valence-electron chi connectivity index (χ3n) is 4.17. The smallest absolute Gasteiger partial charge is 0.194 e. The van der Waals surface area contributed by atoms with Crippen LogP contribution in [0, 0.1) is 0 Å². The first kappa shape index (κ1) is 14.1. The Labute approximate surface area is 126 Å². The van der Waals surface area contributed by atoms with Crippen LogP contribution >= 0.6 is 0 Å². The van der Waals surface area contributed by atoms with Gasteiger partial charge in [0.15, 0.2) is 5.96 Å². The first-order chi connectivity index (χ1) is 10.2. The highest BCUT2D eigenvalue weighted by atomic mass is 15.3. The molecule has 0 aliphatic carbocycles. The van der Waals surface area contributed by atoms with Gasteiger partial charge in [-0.3, -0.25) is 4.99 Å². The summed E-state index contributed by atoms with van der Waals surface area (Å²) in [4.78, 5) is 16.0. The van der Waals surface area contributed by atoms with Crippen molar-refractivity contribution in [2.24, 2.45) is 4.99 Å². The number of nitrogens with one attached hydrogen (secondary N) is 1. The van der Waals surface area contributed by atoms with Crippen LogP contribution in [0.15, 0.2) is 23.3 Å². The second-order valence-corrected chi connectivity index (χ2v) is 5.76. The van der Waals surface area contributed by atoms with Crippen molar-refractivity contribution in [2.75, 3.05) is 58.3 Å². The quantitative estimate of drug-likeness (QED) is 0.862. The summed E-state index contributed by atoms with van der Waals surface area (Å²) in [5.41, 5.74) is 1.24. The molecule has 21 heavy (non-hydrogen) atoms. The molecule has 3 heterocycles. The van der Waals surface area contributed by atoms with Crippen LogP contribution in [0.4, 0.5) is 5.82 Å². The van der Waals surface area contributed by atoms with E-state index in [0.29, 0.717) is 0 Å². The van der Waals surface area contributed by atoms with Gasteiger partial charge in [-0.2, -0.15) is 0 Å². The van der Waals surface area contributed by atoms with E-state index in [1.807, 2.05) is 12.3 Å². The monoisotopic (exact) mass is 288 g/mol. The van der Waals surface area contributed by atoms with Crippen molar-refractivity contribution in [3.8, 4) is 0 Å². The Balaban J connectivity index is 1.68. The van der Waals surface area contributed by atoms with Crippen LogP contribution in [-0.4, -0.2) is 74.1 Å². The summed E-state index contributed by atoms with van der Waals surface area (Å²) in [6.45, 7) is 6.94. The standard InChI is InChI=1S/C15H24N6/c1-19-8-10-21(11-9-19)14-13(4-3-5-16-14)12-18-15-17-6-7-20(15)2/h3-5H,6-12H2,1-2H3,(H,17,18). The highest BCUT2D eigenvalue weighted by Crippen LogP contribution is 2.18. The average molecular weight is 288 g/mol. The molecule has 6 nitrogen and oxygen atoms in total. The number of rotatable bonds is 3. The molecule has 1 N–H and O–H groups in total. The second-order valence-electron chi connectivity index (χ2n) is 5.76. The first-order valence-corrected chi connectivity index (χ1v) is 7.61. The number of nitrogens with zero attached hydrogens (tertiary/aromatic N) is 5. The van der Waals surface area contributed by atoms with Crippen LogP contribution in [0.5, 0.6) is 0 Å². The third kappa shape index (κ3) is 3.26. The lowest BCUT2D eigenvalue weighted by Gasteiger charge is -2.34. The lowest BCUT2D eigenvalue weighted by atomic mass is 10.2. The zero-order valence-electron chi connectivity index (χ0n) is 12.9. The first-order valence-electron chi connectivity index (χ1n) is 7.61. The predicted octanol–water partition coefficient (Wildman–Crippen LogP) is 0.224. The number of aromatic nitrogens is 1. The van der Waals surface area contributed by atoms with Crippen LogP contribution < -0.4 is 10.2 Å². The fourth-order valence-electron chi connectivity index (χ4n) is 2.77. The Morgan fingerprint density at radius 1 is 1.14 bits per heavy atom. The van der Waals surface area contributed by atoms with Crippen molar-refractivity contribution in [3.63, 3.8) is 0 Å². The summed E-state index contributed by atoms with van der Waals surface area (Å²) in [6, 6.07) is 4.17. The number of likely N-dealkylation sites (N-methyl/N-ethyl adjacent to an activating group) is 2. The molecule has 1 aromatic heterocycles. The minimum absolute atomic E-state index is 0.776. The van der Waals surface area contributed by atoms with Crippen LogP contribution in [0.1, 0.15) is 5.56 Å². The van der Waals surface area contributed by atoms with Gasteiger partial charge in [-0.1, -0.05) is 6.07 Å². The van der Waals surface area contributed by atoms with Gasteiger partial charge in [0, 0.05) is 58.1 Å². The molecule has 0 atom stereocenters. The molecule has 0 saturated carbocycles. The molecule has 2 aliphatic heterocycles. The molecule has 0 bridgehead atoms. The molecule has 0 amide bonds. The van der Waals surface area contributed by atoms with E-state index in [1.54, 1.807) is 0 Å².